The fourth-order valence-electron chi connectivity index (χ4n) is 3.63. The molecule has 3 aromatic rings. The van der Waals surface area contributed by atoms with Crippen LogP contribution in [-0.2, 0) is 20.8 Å². The molecule has 0 saturated carbocycles. The van der Waals surface area contributed by atoms with Crippen LogP contribution >= 0.6 is 22.6 Å². The van der Waals surface area contributed by atoms with Crippen LogP contribution in [0.4, 0.5) is 10.2 Å². The lowest BCUT2D eigenvalue weighted by atomic mass is 9.96. The highest BCUT2D eigenvalue weighted by atomic mass is 127. The van der Waals surface area contributed by atoms with E-state index in [1.165, 1.54) is 0 Å². The summed E-state index contributed by atoms with van der Waals surface area (Å²) in [6.07, 6.45) is 2.54. The Morgan fingerprint density at radius 1 is 1.29 bits per heavy atom. The summed E-state index contributed by atoms with van der Waals surface area (Å²) in [6.45, 7) is 2.17. The lowest BCUT2D eigenvalue weighted by molar-refractivity contribution is -0.117. The molecule has 8 nitrogen and oxygen atoms in total. The molecule has 0 aliphatic carbocycles. The number of nitrogen functional groups attached to an aromatic ring is 1. The van der Waals surface area contributed by atoms with Crippen LogP contribution in [0.1, 0.15) is 43.5 Å². The summed E-state index contributed by atoms with van der Waals surface area (Å²) in [7, 11) is 0. The number of imidazole rings is 1. The van der Waals surface area contributed by atoms with Gasteiger partial charge in [-0.3, -0.25) is 0 Å². The highest BCUT2D eigenvalue weighted by Crippen LogP contribution is 2.38. The van der Waals surface area contributed by atoms with Crippen molar-refractivity contribution in [1.29, 1.82) is 0 Å². The molecule has 4 rings (SSSR count). The van der Waals surface area contributed by atoms with Crippen molar-refractivity contribution in [3.05, 3.63) is 57.3 Å². The number of benzene rings is 1. The summed E-state index contributed by atoms with van der Waals surface area (Å²) in [6, 6.07) is 7.87. The zero-order chi connectivity index (χ0) is 22.0. The van der Waals surface area contributed by atoms with E-state index in [1.807, 2.05) is 28.8 Å². The molecule has 31 heavy (non-hydrogen) atoms. The fraction of sp³-hybridized carbons (Fsp3) is 0.333. The van der Waals surface area contributed by atoms with Crippen molar-refractivity contribution < 1.29 is 18.7 Å². The molecule has 0 spiro atoms. The quantitative estimate of drug-likeness (QED) is 0.264. The Morgan fingerprint density at radius 3 is 2.81 bits per heavy atom. The molecule has 162 valence electrons. The number of nitrogens with two attached hydrogens (primary N) is 1. The van der Waals surface area contributed by atoms with Crippen LogP contribution in [-0.4, -0.2) is 32.1 Å². The molecule has 0 radical (unpaired) electrons. The summed E-state index contributed by atoms with van der Waals surface area (Å²) in [5, 5.41) is 0. The van der Waals surface area contributed by atoms with E-state index in [4.69, 9.17) is 20.2 Å². The predicted molar refractivity (Wildman–Crippen MR) is 120 cm³/mol. The number of unbranched alkanes of at least 4 members (excludes halogenated alkanes) is 1. The predicted octanol–water partition coefficient (Wildman–Crippen LogP) is 3.89. The van der Waals surface area contributed by atoms with Crippen LogP contribution in [0, 0.1) is 9.65 Å². The Hall–Kier alpha value is -2.76. The van der Waals surface area contributed by atoms with Crippen molar-refractivity contribution in [2.45, 2.75) is 38.6 Å². The number of Topliss-reactive ketones (excluding diaryl/α,β-unsaturated/α-hetero) is 1. The molecule has 3 heterocycles. The molecule has 1 unspecified atom stereocenters. The lowest BCUT2D eigenvalue weighted by Crippen LogP contribution is -2.15. The second-order valence-electron chi connectivity index (χ2n) is 7.23. The van der Waals surface area contributed by atoms with Crippen LogP contribution in [0.5, 0.6) is 0 Å². The number of hydrogen-bond donors (Lipinski definition) is 1. The Balaban J connectivity index is 1.86. The van der Waals surface area contributed by atoms with Crippen LogP contribution in [0.15, 0.2) is 36.3 Å². The van der Waals surface area contributed by atoms with E-state index in [2.05, 4.69) is 32.6 Å². The van der Waals surface area contributed by atoms with Crippen LogP contribution in [0.2, 0.25) is 0 Å². The number of anilines is 1. The Kier molecular flexibility index (Phi) is 6.35. The summed E-state index contributed by atoms with van der Waals surface area (Å²) in [5.41, 5.74) is 7.59. The molecule has 10 heteroatoms. The smallest absolute Gasteiger partial charge is 0.312 e. The third-order valence-electron chi connectivity index (χ3n) is 5.04. The van der Waals surface area contributed by atoms with E-state index in [1.54, 1.807) is 13.2 Å². The maximum Gasteiger partial charge on any atom is 0.312 e. The molecule has 0 amide bonds. The number of fused-ring (bicyclic) bond motifs is 1. The van der Waals surface area contributed by atoms with Crippen molar-refractivity contribution in [1.82, 2.24) is 19.5 Å². The van der Waals surface area contributed by atoms with Gasteiger partial charge in [0.2, 0.25) is 6.79 Å². The molecule has 1 aromatic carbocycles. The molecule has 0 saturated heterocycles. The third-order valence-corrected chi connectivity index (χ3v) is 6.02. The van der Waals surface area contributed by atoms with E-state index in [-0.39, 0.29) is 18.4 Å². The van der Waals surface area contributed by atoms with E-state index in [9.17, 15) is 9.18 Å². The number of halogens is 2. The number of ether oxygens (including phenoxy) is 2. The van der Waals surface area contributed by atoms with Gasteiger partial charge in [0.1, 0.15) is 29.5 Å². The summed E-state index contributed by atoms with van der Waals surface area (Å²) < 4.78 is 27.9. The fourth-order valence-corrected chi connectivity index (χ4v) is 4.33. The highest BCUT2D eigenvalue weighted by molar-refractivity contribution is 14.1. The first-order valence-electron chi connectivity index (χ1n) is 9.83. The van der Waals surface area contributed by atoms with Gasteiger partial charge in [-0.05, 0) is 54.0 Å². The van der Waals surface area contributed by atoms with Crippen molar-refractivity contribution in [3.63, 3.8) is 0 Å². The minimum absolute atomic E-state index is 0.0229. The highest BCUT2D eigenvalue weighted by Gasteiger charge is 2.32. The molecule has 1 atom stereocenters. The standard InChI is InChI=1S/C21H21FIN5O3/c1-12(29)6-4-5-9-28-19(25-17-18(24)26-21(22)27-20(17)28)16(15-10-30-11-31-15)13-7-2-3-8-14(13)23/h2-3,7-8,10,16H,4-6,9,11H2,1H3,(H2,24,26,27). The Morgan fingerprint density at radius 2 is 2.10 bits per heavy atom. The average molecular weight is 537 g/mol. The van der Waals surface area contributed by atoms with Gasteiger partial charge in [-0.1, -0.05) is 18.2 Å². The van der Waals surface area contributed by atoms with Crippen molar-refractivity contribution in [2.24, 2.45) is 0 Å². The van der Waals surface area contributed by atoms with Gasteiger partial charge in [-0.25, -0.2) is 4.98 Å². The van der Waals surface area contributed by atoms with Crippen LogP contribution < -0.4 is 5.73 Å². The number of carbonyl (C=O) groups is 1. The number of rotatable bonds is 8. The number of ketones is 1. The van der Waals surface area contributed by atoms with E-state index < -0.39 is 12.0 Å². The third kappa shape index (κ3) is 4.48. The largest absolute Gasteiger partial charge is 0.462 e. The van der Waals surface area contributed by atoms with Crippen LogP contribution in [0.3, 0.4) is 0 Å². The summed E-state index contributed by atoms with van der Waals surface area (Å²) >= 11 is 2.26. The van der Waals surface area contributed by atoms with Crippen molar-refractivity contribution in [2.75, 3.05) is 12.5 Å². The first kappa shape index (κ1) is 21.5. The van der Waals surface area contributed by atoms with E-state index >= 15 is 0 Å². The van der Waals surface area contributed by atoms with E-state index in [0.717, 1.165) is 9.13 Å². The Labute approximate surface area is 191 Å². The van der Waals surface area contributed by atoms with Gasteiger partial charge in [-0.15, -0.1) is 0 Å². The van der Waals surface area contributed by atoms with Crippen LogP contribution in [0.25, 0.3) is 11.2 Å². The van der Waals surface area contributed by atoms with Gasteiger partial charge in [0, 0.05) is 16.5 Å². The first-order valence-corrected chi connectivity index (χ1v) is 10.9. The number of aromatic nitrogens is 4. The summed E-state index contributed by atoms with van der Waals surface area (Å²) in [4.78, 5) is 23.7. The minimum atomic E-state index is -0.910. The number of nitrogens with zero attached hydrogens (tertiary/aromatic N) is 4. The molecule has 1 aliphatic heterocycles. The monoisotopic (exact) mass is 537 g/mol. The SMILES string of the molecule is CC(=O)CCCCn1c(C(C2=COCO2)c2ccccc2I)nc2c(N)nc(F)nc21. The molecular weight excluding hydrogens is 516 g/mol. The van der Waals surface area contributed by atoms with Crippen molar-refractivity contribution >= 4 is 45.4 Å². The van der Waals surface area contributed by atoms with Gasteiger partial charge in [0.05, 0.1) is 0 Å². The van der Waals surface area contributed by atoms with Gasteiger partial charge >= 0.3 is 6.08 Å². The minimum Gasteiger partial charge on any atom is -0.462 e. The number of allylic oxidation sites excluding steroid dienone is 1. The number of carbonyl (C=O) groups excluding carboxylic acids is 1. The molecular formula is C21H21FIN5O3. The molecule has 0 bridgehead atoms. The van der Waals surface area contributed by atoms with Gasteiger partial charge in [0.25, 0.3) is 0 Å². The first-order chi connectivity index (χ1) is 15.0. The second kappa shape index (κ2) is 9.16. The number of hydrogen-bond acceptors (Lipinski definition) is 7. The Bertz CT molecular complexity index is 1160. The average Bonchev–Trinajstić information content (AvgIpc) is 3.36. The van der Waals surface area contributed by atoms with Gasteiger partial charge in [-0.2, -0.15) is 14.4 Å². The van der Waals surface area contributed by atoms with Gasteiger partial charge < -0.3 is 24.6 Å². The number of aryl methyl sites for hydroxylation is 1. The maximum atomic E-state index is 14.0. The second-order valence-corrected chi connectivity index (χ2v) is 8.40. The topological polar surface area (TPSA) is 105 Å². The zero-order valence-corrected chi connectivity index (χ0v) is 19.0. The lowest BCUT2D eigenvalue weighted by Gasteiger charge is -2.20. The molecule has 0 fully saturated rings. The molecule has 1 aliphatic rings. The normalized spacial score (nSPS) is 14.2. The zero-order valence-electron chi connectivity index (χ0n) is 16.8. The summed E-state index contributed by atoms with van der Waals surface area (Å²) in [5.74, 6) is 0.902. The van der Waals surface area contributed by atoms with E-state index in [0.29, 0.717) is 48.6 Å². The van der Waals surface area contributed by atoms with Gasteiger partial charge in [0.15, 0.2) is 17.0 Å². The molecule has 2 N–H and O–H groups in total. The molecule has 2 aromatic heterocycles. The maximum absolute atomic E-state index is 14.0. The van der Waals surface area contributed by atoms with Crippen molar-refractivity contribution in [3.8, 4) is 0 Å².